The van der Waals surface area contributed by atoms with Crippen LogP contribution < -0.4 is 45.2 Å². The van der Waals surface area contributed by atoms with Crippen molar-refractivity contribution in [2.24, 2.45) is 45.2 Å². The van der Waals surface area contributed by atoms with Crippen LogP contribution in [0.15, 0.2) is 22.7 Å². The van der Waals surface area contributed by atoms with E-state index in [1.165, 1.54) is 0 Å². The van der Waals surface area contributed by atoms with Gasteiger partial charge in [-0.1, -0.05) is 0 Å². The van der Waals surface area contributed by atoms with Gasteiger partial charge in [0.2, 0.25) is 0 Å². The van der Waals surface area contributed by atoms with Gasteiger partial charge in [-0.15, -0.1) is 0 Å². The molecular weight excluding hydrogens is 356 g/mol. The predicted octanol–water partition coefficient (Wildman–Crippen LogP) is -5.20. The molecule has 0 aromatic heterocycles. The third kappa shape index (κ3) is 4.47. The molecule has 11 nitrogen and oxygen atoms in total. The first kappa shape index (κ1) is 19.0. The summed E-state index contributed by atoms with van der Waals surface area (Å²) in [6.07, 6.45) is 0.411. The summed E-state index contributed by atoms with van der Waals surface area (Å²) in [7, 11) is -8.60. The standard InChI is InChI=1S/C7H26N8O3Si4/c1-20(14)16-21(19,3-2-4(8)5(9)10)18-22(15,17-20)7(13)6(11)12/h2-3,8-15H2,1,19H3. The maximum Gasteiger partial charge on any atom is 0.460 e. The number of hydrogen-bond acceptors (Lipinski definition) is 11. The van der Waals surface area contributed by atoms with E-state index < -0.39 is 25.5 Å². The van der Waals surface area contributed by atoms with Crippen LogP contribution in [-0.4, -0.2) is 35.3 Å². The largest absolute Gasteiger partial charge is 0.460 e. The molecule has 0 saturated carbocycles. The van der Waals surface area contributed by atoms with E-state index in [0.29, 0.717) is 27.9 Å². The van der Waals surface area contributed by atoms with E-state index in [4.69, 9.17) is 57.5 Å². The molecule has 0 radical (unpaired) electrons. The highest BCUT2D eigenvalue weighted by Gasteiger charge is 2.58. The third-order valence-electron chi connectivity index (χ3n) is 3.05. The van der Waals surface area contributed by atoms with Crippen molar-refractivity contribution in [3.05, 3.63) is 22.7 Å². The van der Waals surface area contributed by atoms with E-state index in [9.17, 15) is 0 Å². The summed E-state index contributed by atoms with van der Waals surface area (Å²) < 4.78 is 17.5. The van der Waals surface area contributed by atoms with Crippen LogP contribution in [0.25, 0.3) is 0 Å². The lowest BCUT2D eigenvalue weighted by Gasteiger charge is -2.47. The van der Waals surface area contributed by atoms with Crippen molar-refractivity contribution in [1.82, 2.24) is 0 Å². The molecule has 0 spiro atoms. The molecule has 0 aromatic carbocycles. The highest BCUT2D eigenvalue weighted by Crippen LogP contribution is 2.29. The lowest BCUT2D eigenvalue weighted by atomic mass is 10.3. The highest BCUT2D eigenvalue weighted by molar-refractivity contribution is 7.16. The molecule has 3 unspecified atom stereocenters. The number of allylic oxidation sites excluding steroid dienone is 1. The van der Waals surface area contributed by atoms with Crippen molar-refractivity contribution in [2.75, 3.05) is 0 Å². The van der Waals surface area contributed by atoms with Gasteiger partial charge in [0.15, 0.2) is 0 Å². The average Bonchev–Trinajstić information content (AvgIpc) is 2.31. The fourth-order valence-corrected chi connectivity index (χ4v) is 22.0. The van der Waals surface area contributed by atoms with Crippen LogP contribution in [0.5, 0.6) is 0 Å². The maximum atomic E-state index is 6.21. The normalized spacial score (nSPS) is 35.0. The summed E-state index contributed by atoms with van der Waals surface area (Å²) >= 11 is 0. The van der Waals surface area contributed by atoms with Crippen LogP contribution in [0.2, 0.25) is 12.6 Å². The molecule has 1 fully saturated rings. The fourth-order valence-electron chi connectivity index (χ4n) is 2.03. The summed E-state index contributed by atoms with van der Waals surface area (Å²) in [5.74, 6) is -0.0644. The Hall–Kier alpha value is -1.05. The fraction of sp³-hybridized carbons (Fsp3) is 0.429. The van der Waals surface area contributed by atoms with Gasteiger partial charge >= 0.3 is 17.4 Å². The van der Waals surface area contributed by atoms with Crippen molar-refractivity contribution in [2.45, 2.75) is 19.0 Å². The van der Waals surface area contributed by atoms with Crippen molar-refractivity contribution in [3.63, 3.8) is 0 Å². The molecule has 0 bridgehead atoms. The van der Waals surface area contributed by atoms with Crippen LogP contribution in [0.3, 0.4) is 0 Å². The summed E-state index contributed by atoms with van der Waals surface area (Å²) in [6.45, 7) is 1.67. The Morgan fingerprint density at radius 2 is 1.45 bits per heavy atom. The second-order valence-electron chi connectivity index (χ2n) is 5.47. The predicted molar refractivity (Wildman–Crippen MR) is 93.3 cm³/mol. The Morgan fingerprint density at radius 3 is 1.91 bits per heavy atom. The number of nitrogens with two attached hydrogens (primary N) is 8. The summed E-state index contributed by atoms with van der Waals surface area (Å²) in [6, 6.07) is 0.496. The second kappa shape index (κ2) is 6.21. The quantitative estimate of drug-likeness (QED) is 0.214. The summed E-state index contributed by atoms with van der Waals surface area (Å²) in [4.78, 5) is 0. The van der Waals surface area contributed by atoms with E-state index in [0.717, 1.165) is 0 Å². The molecule has 16 N–H and O–H groups in total. The molecule has 0 aliphatic carbocycles. The third-order valence-corrected chi connectivity index (χ3v) is 19.5. The van der Waals surface area contributed by atoms with E-state index in [1.54, 1.807) is 6.55 Å². The van der Waals surface area contributed by atoms with Gasteiger partial charge in [-0.05, 0) is 19.0 Å². The van der Waals surface area contributed by atoms with Crippen molar-refractivity contribution >= 4 is 35.3 Å². The van der Waals surface area contributed by atoms with Crippen LogP contribution in [0.1, 0.15) is 6.42 Å². The monoisotopic (exact) mass is 382 g/mol. The number of rotatable bonds is 4. The van der Waals surface area contributed by atoms with Gasteiger partial charge in [0.1, 0.15) is 17.0 Å². The Bertz CT molecular complexity index is 508. The molecular formula is C7H26N8O3Si4. The molecule has 1 aliphatic heterocycles. The maximum absolute atomic E-state index is 6.21. The van der Waals surface area contributed by atoms with Gasteiger partial charge in [0.25, 0.3) is 8.08 Å². The first-order chi connectivity index (χ1) is 9.80. The van der Waals surface area contributed by atoms with Crippen molar-refractivity contribution in [3.8, 4) is 0 Å². The minimum atomic E-state index is -3.48. The summed E-state index contributed by atoms with van der Waals surface area (Å²) in [5, 5.41) is 12.3. The Labute approximate surface area is 135 Å². The molecule has 22 heavy (non-hydrogen) atoms. The molecule has 0 aromatic rings. The minimum absolute atomic E-state index is 0.00885. The second-order valence-corrected chi connectivity index (χ2v) is 19.2. The molecule has 1 rings (SSSR count). The molecule has 1 aliphatic rings. The zero-order valence-electron chi connectivity index (χ0n) is 12.8. The van der Waals surface area contributed by atoms with Gasteiger partial charge in [0, 0.05) is 5.70 Å². The Kier molecular flexibility index (Phi) is 5.37. The lowest BCUT2D eigenvalue weighted by molar-refractivity contribution is 0.235. The molecule has 1 saturated heterocycles. The molecule has 128 valence electrons. The molecule has 1 heterocycles. The SMILES string of the molecule is C[Si]1(N)O[Si]([SiH3])(CCC(N)=C(N)N)O[Si](N)(C(N)=C(N)N)O1. The van der Waals surface area contributed by atoms with Crippen molar-refractivity contribution in [1.29, 1.82) is 0 Å². The van der Waals surface area contributed by atoms with Crippen LogP contribution in [0, 0.1) is 0 Å². The van der Waals surface area contributed by atoms with Gasteiger partial charge in [-0.2, -0.15) is 0 Å². The first-order valence-electron chi connectivity index (χ1n) is 6.49. The van der Waals surface area contributed by atoms with Gasteiger partial charge in [-0.3, -0.25) is 0 Å². The van der Waals surface area contributed by atoms with Gasteiger partial charge in [0.05, 0.1) is 9.76 Å². The van der Waals surface area contributed by atoms with Gasteiger partial charge in [-0.25, -0.2) is 0 Å². The zero-order valence-corrected chi connectivity index (χ0v) is 17.8. The van der Waals surface area contributed by atoms with E-state index in [-0.39, 0.29) is 17.0 Å². The number of hydrogen-bond donors (Lipinski definition) is 8. The molecule has 3 atom stereocenters. The van der Waals surface area contributed by atoms with E-state index >= 15 is 0 Å². The lowest BCUT2D eigenvalue weighted by Crippen LogP contribution is -2.78. The smallest absolute Gasteiger partial charge is 0.407 e. The van der Waals surface area contributed by atoms with Crippen molar-refractivity contribution < 1.29 is 12.3 Å². The molecule has 15 heteroatoms. The molecule has 0 amide bonds. The van der Waals surface area contributed by atoms with Crippen LogP contribution >= 0.6 is 0 Å². The highest BCUT2D eigenvalue weighted by atomic mass is 29.2. The van der Waals surface area contributed by atoms with Gasteiger partial charge < -0.3 is 57.5 Å². The van der Waals surface area contributed by atoms with Crippen LogP contribution in [0.4, 0.5) is 0 Å². The first-order valence-corrected chi connectivity index (χ1v) is 16.3. The summed E-state index contributed by atoms with van der Waals surface area (Å²) in [5.41, 5.74) is 33.9. The average molecular weight is 383 g/mol. The van der Waals surface area contributed by atoms with Crippen LogP contribution in [-0.2, 0) is 12.3 Å². The van der Waals surface area contributed by atoms with E-state index in [1.807, 2.05) is 0 Å². The minimum Gasteiger partial charge on any atom is -0.407 e. The van der Waals surface area contributed by atoms with E-state index in [2.05, 4.69) is 0 Å². The zero-order chi connectivity index (χ0) is 17.3. The Balaban J connectivity index is 3.06. The Morgan fingerprint density at radius 1 is 0.909 bits per heavy atom. The topological polar surface area (TPSA) is 236 Å².